The van der Waals surface area contributed by atoms with Crippen LogP contribution in [0.25, 0.3) is 11.0 Å². The van der Waals surface area contributed by atoms with Gasteiger partial charge in [-0.3, -0.25) is 0 Å². The van der Waals surface area contributed by atoms with E-state index in [1.165, 1.54) is 12.8 Å². The van der Waals surface area contributed by atoms with E-state index in [0.29, 0.717) is 11.9 Å². The lowest BCUT2D eigenvalue weighted by Crippen LogP contribution is -2.03. The smallest absolute Gasteiger partial charge is 0.111 e. The van der Waals surface area contributed by atoms with E-state index in [1.807, 2.05) is 12.1 Å². The molecule has 0 aliphatic heterocycles. The topological polar surface area (TPSA) is 17.8 Å². The number of aromatic nitrogens is 2. The zero-order valence-electron chi connectivity index (χ0n) is 10.4. The van der Waals surface area contributed by atoms with E-state index in [9.17, 15) is 0 Å². The second kappa shape index (κ2) is 4.75. The van der Waals surface area contributed by atoms with Crippen LogP contribution in [-0.4, -0.2) is 15.4 Å². The summed E-state index contributed by atoms with van der Waals surface area (Å²) in [6.07, 6.45) is 3.29. The molecular weight excluding hydrogens is 267 g/mol. The van der Waals surface area contributed by atoms with E-state index in [1.54, 1.807) is 0 Å². The number of benzene rings is 1. The van der Waals surface area contributed by atoms with Crippen LogP contribution in [0.1, 0.15) is 31.6 Å². The maximum atomic E-state index is 6.23. The van der Waals surface area contributed by atoms with Crippen LogP contribution in [0.2, 0.25) is 5.02 Å². The van der Waals surface area contributed by atoms with Gasteiger partial charge in [-0.1, -0.05) is 31.0 Å². The Hall–Kier alpha value is -0.730. The molecule has 1 aromatic heterocycles. The number of nitrogens with zero attached hydrogens (tertiary/aromatic N) is 2. The van der Waals surface area contributed by atoms with Gasteiger partial charge in [0.25, 0.3) is 0 Å². The Balaban J connectivity index is 2.14. The van der Waals surface area contributed by atoms with Gasteiger partial charge in [0.15, 0.2) is 0 Å². The lowest BCUT2D eigenvalue weighted by Gasteiger charge is -2.07. The van der Waals surface area contributed by atoms with Crippen molar-refractivity contribution in [2.45, 2.75) is 32.2 Å². The average Bonchev–Trinajstić information content (AvgIpc) is 3.05. The summed E-state index contributed by atoms with van der Waals surface area (Å²) in [4.78, 5) is 4.68. The molecule has 96 valence electrons. The van der Waals surface area contributed by atoms with Gasteiger partial charge in [0.2, 0.25) is 0 Å². The molecule has 0 radical (unpaired) electrons. The Morgan fingerprint density at radius 3 is 2.94 bits per heavy atom. The molecule has 2 aromatic rings. The molecule has 0 saturated heterocycles. The summed E-state index contributed by atoms with van der Waals surface area (Å²) in [5.41, 5.74) is 2.07. The summed E-state index contributed by atoms with van der Waals surface area (Å²) < 4.78 is 2.36. The number of hydrogen-bond acceptors (Lipinski definition) is 1. The number of hydrogen-bond donors (Lipinski definition) is 0. The Labute approximate surface area is 117 Å². The highest BCUT2D eigenvalue weighted by molar-refractivity contribution is 6.34. The van der Waals surface area contributed by atoms with Gasteiger partial charge in [0.05, 0.1) is 10.5 Å². The number of halogens is 2. The first-order valence-electron chi connectivity index (χ1n) is 6.47. The maximum absolute atomic E-state index is 6.23. The molecule has 1 aliphatic carbocycles. The molecule has 1 fully saturated rings. The highest BCUT2D eigenvalue weighted by atomic mass is 35.5. The van der Waals surface area contributed by atoms with E-state index in [4.69, 9.17) is 23.2 Å². The highest BCUT2D eigenvalue weighted by Gasteiger charge is 2.39. The molecule has 0 spiro atoms. The monoisotopic (exact) mass is 282 g/mol. The van der Waals surface area contributed by atoms with Crippen molar-refractivity contribution >= 4 is 34.2 Å². The number of imidazole rings is 1. The van der Waals surface area contributed by atoms with Crippen molar-refractivity contribution < 1.29 is 0 Å². The van der Waals surface area contributed by atoms with Crippen LogP contribution < -0.4 is 0 Å². The van der Waals surface area contributed by atoms with Crippen molar-refractivity contribution in [1.29, 1.82) is 0 Å². The molecule has 2 nitrogen and oxygen atoms in total. The van der Waals surface area contributed by atoms with Crippen LogP contribution in [0.5, 0.6) is 0 Å². The van der Waals surface area contributed by atoms with Gasteiger partial charge in [-0.2, -0.15) is 0 Å². The molecule has 4 heteroatoms. The van der Waals surface area contributed by atoms with Crippen molar-refractivity contribution in [3.8, 4) is 0 Å². The summed E-state index contributed by atoms with van der Waals surface area (Å²) >= 11 is 12.1. The first-order valence-corrected chi connectivity index (χ1v) is 7.38. The van der Waals surface area contributed by atoms with Crippen molar-refractivity contribution in [2.24, 2.45) is 5.92 Å². The zero-order chi connectivity index (χ0) is 12.7. The maximum Gasteiger partial charge on any atom is 0.111 e. The molecule has 3 rings (SSSR count). The SMILES string of the molecule is CCC1CC1n1c(CCCl)nc2c(Cl)cccc21. The minimum atomic E-state index is 0.594. The highest BCUT2D eigenvalue weighted by Crippen LogP contribution is 2.48. The Morgan fingerprint density at radius 1 is 1.44 bits per heavy atom. The fraction of sp³-hybridized carbons (Fsp3) is 0.500. The van der Waals surface area contributed by atoms with Gasteiger partial charge in [0, 0.05) is 18.3 Å². The van der Waals surface area contributed by atoms with E-state index >= 15 is 0 Å². The van der Waals surface area contributed by atoms with Crippen molar-refractivity contribution in [1.82, 2.24) is 9.55 Å². The second-order valence-electron chi connectivity index (χ2n) is 4.92. The van der Waals surface area contributed by atoms with Gasteiger partial charge in [-0.05, 0) is 24.5 Å². The van der Waals surface area contributed by atoms with Crippen molar-refractivity contribution in [3.05, 3.63) is 29.0 Å². The molecular formula is C14H16Cl2N2. The average molecular weight is 283 g/mol. The van der Waals surface area contributed by atoms with Crippen molar-refractivity contribution in [2.75, 3.05) is 5.88 Å². The summed E-state index contributed by atoms with van der Waals surface area (Å²) in [5.74, 6) is 2.47. The lowest BCUT2D eigenvalue weighted by atomic mass is 10.3. The largest absolute Gasteiger partial charge is 0.324 e. The van der Waals surface area contributed by atoms with Gasteiger partial charge in [-0.25, -0.2) is 4.98 Å². The number of alkyl halides is 1. The molecule has 2 unspecified atom stereocenters. The second-order valence-corrected chi connectivity index (χ2v) is 5.70. The minimum Gasteiger partial charge on any atom is -0.324 e. The standard InChI is InChI=1S/C14H16Cl2N2/c1-2-9-8-12(9)18-11-5-3-4-10(16)14(11)17-13(18)6-7-15/h3-5,9,12H,2,6-8H2,1H3. The zero-order valence-corrected chi connectivity index (χ0v) is 11.9. The third-order valence-corrected chi connectivity index (χ3v) is 4.30. The predicted molar refractivity (Wildman–Crippen MR) is 76.6 cm³/mol. The fourth-order valence-corrected chi connectivity index (χ4v) is 3.13. The molecule has 1 aliphatic rings. The third kappa shape index (κ3) is 1.92. The Morgan fingerprint density at radius 2 is 2.28 bits per heavy atom. The number of fused-ring (bicyclic) bond motifs is 1. The molecule has 0 bridgehead atoms. The van der Waals surface area contributed by atoms with Gasteiger partial charge in [0.1, 0.15) is 11.3 Å². The summed E-state index contributed by atoms with van der Waals surface area (Å²) in [6, 6.07) is 6.60. The molecule has 1 aromatic carbocycles. The third-order valence-electron chi connectivity index (χ3n) is 3.80. The summed E-state index contributed by atoms with van der Waals surface area (Å²) in [7, 11) is 0. The van der Waals surface area contributed by atoms with Crippen LogP contribution in [0.4, 0.5) is 0 Å². The van der Waals surface area contributed by atoms with Gasteiger partial charge in [-0.15, -0.1) is 11.6 Å². The van der Waals surface area contributed by atoms with Gasteiger partial charge < -0.3 is 4.57 Å². The first kappa shape index (κ1) is 12.3. The summed E-state index contributed by atoms with van der Waals surface area (Å²) in [5, 5.41) is 0.732. The Bertz CT molecular complexity index is 576. The first-order chi connectivity index (χ1) is 8.76. The van der Waals surface area contributed by atoms with E-state index in [2.05, 4.69) is 22.5 Å². The fourth-order valence-electron chi connectivity index (χ4n) is 2.75. The molecule has 1 saturated carbocycles. The van der Waals surface area contributed by atoms with Crippen LogP contribution >= 0.6 is 23.2 Å². The van der Waals surface area contributed by atoms with E-state index < -0.39 is 0 Å². The normalized spacial score (nSPS) is 22.6. The van der Waals surface area contributed by atoms with Crippen LogP contribution in [0, 0.1) is 5.92 Å². The molecule has 18 heavy (non-hydrogen) atoms. The Kier molecular flexibility index (Phi) is 3.25. The van der Waals surface area contributed by atoms with Crippen LogP contribution in [0.3, 0.4) is 0 Å². The quantitative estimate of drug-likeness (QED) is 0.758. The number of para-hydroxylation sites is 1. The van der Waals surface area contributed by atoms with Crippen molar-refractivity contribution in [3.63, 3.8) is 0 Å². The predicted octanol–water partition coefficient (Wildman–Crippen LogP) is 4.44. The van der Waals surface area contributed by atoms with Crippen LogP contribution in [0.15, 0.2) is 18.2 Å². The molecule has 1 heterocycles. The molecule has 0 N–H and O–H groups in total. The minimum absolute atomic E-state index is 0.594. The molecule has 0 amide bonds. The van der Waals surface area contributed by atoms with E-state index in [0.717, 1.165) is 34.2 Å². The van der Waals surface area contributed by atoms with Crippen LogP contribution in [-0.2, 0) is 6.42 Å². The number of rotatable bonds is 4. The number of aryl methyl sites for hydroxylation is 1. The lowest BCUT2D eigenvalue weighted by molar-refractivity contribution is 0.629. The van der Waals surface area contributed by atoms with Gasteiger partial charge >= 0.3 is 0 Å². The van der Waals surface area contributed by atoms with E-state index in [-0.39, 0.29) is 0 Å². The summed E-state index contributed by atoms with van der Waals surface area (Å²) in [6.45, 7) is 2.25. The molecule has 2 atom stereocenters.